The van der Waals surface area contributed by atoms with Gasteiger partial charge in [0.2, 0.25) is 5.91 Å². The van der Waals surface area contributed by atoms with Gasteiger partial charge in [0.15, 0.2) is 0 Å². The molecule has 0 atom stereocenters. The molecule has 1 aromatic rings. The van der Waals surface area contributed by atoms with E-state index in [0.29, 0.717) is 17.7 Å². The lowest BCUT2D eigenvalue weighted by atomic mass is 10.2. The van der Waals surface area contributed by atoms with E-state index >= 15 is 0 Å². The Hall–Kier alpha value is -1.86. The van der Waals surface area contributed by atoms with Gasteiger partial charge in [0.05, 0.1) is 11.6 Å². The minimum Gasteiger partial charge on any atom is -0.326 e. The molecule has 0 aromatic heterocycles. The Morgan fingerprint density at radius 2 is 2.15 bits per heavy atom. The summed E-state index contributed by atoms with van der Waals surface area (Å²) in [4.78, 5) is 14.0. The van der Waals surface area contributed by atoms with Crippen LogP contribution in [0.3, 0.4) is 0 Å². The summed E-state index contributed by atoms with van der Waals surface area (Å²) < 4.78 is 0. The molecule has 0 heterocycles. The topological polar surface area (TPSA) is 56.1 Å². The first kappa shape index (κ1) is 16.2. The molecule has 0 aliphatic heterocycles. The van der Waals surface area contributed by atoms with Gasteiger partial charge in [-0.05, 0) is 38.2 Å². The third-order valence-corrected chi connectivity index (χ3v) is 3.14. The van der Waals surface area contributed by atoms with Crippen LogP contribution in [0, 0.1) is 11.3 Å². The van der Waals surface area contributed by atoms with E-state index in [1.807, 2.05) is 7.05 Å². The lowest BCUT2D eigenvalue weighted by Crippen LogP contribution is -2.25. The molecule has 0 unspecified atom stereocenters. The van der Waals surface area contributed by atoms with Crippen molar-refractivity contribution in [3.8, 4) is 6.07 Å². The third kappa shape index (κ3) is 6.35. The van der Waals surface area contributed by atoms with E-state index in [1.54, 1.807) is 24.3 Å². The summed E-state index contributed by atoms with van der Waals surface area (Å²) >= 11 is 0. The Bertz CT molecular complexity index is 465. The second-order valence-corrected chi connectivity index (χ2v) is 5.00. The van der Waals surface area contributed by atoms with Gasteiger partial charge in [-0.1, -0.05) is 25.8 Å². The number of amides is 1. The molecular weight excluding hydrogens is 250 g/mol. The molecule has 108 valence electrons. The van der Waals surface area contributed by atoms with E-state index in [0.717, 1.165) is 13.1 Å². The maximum Gasteiger partial charge on any atom is 0.225 e. The number of nitrogens with one attached hydrogen (secondary N) is 1. The van der Waals surface area contributed by atoms with Gasteiger partial charge in [0.1, 0.15) is 0 Å². The van der Waals surface area contributed by atoms with Crippen molar-refractivity contribution < 1.29 is 4.79 Å². The van der Waals surface area contributed by atoms with Crippen molar-refractivity contribution in [2.75, 3.05) is 25.5 Å². The minimum atomic E-state index is -0.0116. The Morgan fingerprint density at radius 1 is 1.35 bits per heavy atom. The normalized spacial score (nSPS) is 10.3. The van der Waals surface area contributed by atoms with Crippen LogP contribution >= 0.6 is 0 Å². The fourth-order valence-electron chi connectivity index (χ4n) is 1.93. The van der Waals surface area contributed by atoms with Crippen LogP contribution in [0.5, 0.6) is 0 Å². The Morgan fingerprint density at radius 3 is 2.85 bits per heavy atom. The molecule has 20 heavy (non-hydrogen) atoms. The first-order valence-corrected chi connectivity index (χ1v) is 7.14. The van der Waals surface area contributed by atoms with Crippen molar-refractivity contribution >= 4 is 11.6 Å². The van der Waals surface area contributed by atoms with Gasteiger partial charge in [0, 0.05) is 18.7 Å². The summed E-state index contributed by atoms with van der Waals surface area (Å²) in [5, 5.41) is 11.6. The summed E-state index contributed by atoms with van der Waals surface area (Å²) in [6, 6.07) is 9.03. The molecule has 4 nitrogen and oxygen atoms in total. The van der Waals surface area contributed by atoms with E-state index < -0.39 is 0 Å². The van der Waals surface area contributed by atoms with Crippen LogP contribution in [0.2, 0.25) is 0 Å². The zero-order valence-electron chi connectivity index (χ0n) is 12.4. The largest absolute Gasteiger partial charge is 0.326 e. The molecule has 0 aliphatic rings. The van der Waals surface area contributed by atoms with Crippen molar-refractivity contribution in [3.63, 3.8) is 0 Å². The van der Waals surface area contributed by atoms with Crippen molar-refractivity contribution in [1.82, 2.24) is 4.90 Å². The van der Waals surface area contributed by atoms with Gasteiger partial charge in [-0.2, -0.15) is 5.26 Å². The standard InChI is InChI=1S/C16H23N3O/c1-3-4-5-10-19(2)11-9-16(20)18-15-8-6-7-14(12-15)13-17/h6-8,12H,3-5,9-11H2,1-2H3,(H,18,20). The number of nitrogens with zero attached hydrogens (tertiary/aromatic N) is 2. The molecule has 0 spiro atoms. The highest BCUT2D eigenvalue weighted by Crippen LogP contribution is 2.10. The second-order valence-electron chi connectivity index (χ2n) is 5.00. The molecule has 0 saturated heterocycles. The number of carbonyl (C=O) groups is 1. The summed E-state index contributed by atoms with van der Waals surface area (Å²) in [5.41, 5.74) is 1.24. The number of nitriles is 1. The van der Waals surface area contributed by atoms with Crippen LogP contribution in [0.1, 0.15) is 38.2 Å². The van der Waals surface area contributed by atoms with E-state index in [2.05, 4.69) is 23.2 Å². The Balaban J connectivity index is 2.31. The summed E-state index contributed by atoms with van der Waals surface area (Å²) in [5.74, 6) is -0.0116. The summed E-state index contributed by atoms with van der Waals surface area (Å²) in [6.07, 6.45) is 4.10. The number of benzene rings is 1. The molecule has 4 heteroatoms. The lowest BCUT2D eigenvalue weighted by Gasteiger charge is -2.16. The first-order chi connectivity index (χ1) is 9.65. The first-order valence-electron chi connectivity index (χ1n) is 7.14. The van der Waals surface area contributed by atoms with E-state index in [4.69, 9.17) is 5.26 Å². The van der Waals surface area contributed by atoms with Crippen LogP contribution in [-0.4, -0.2) is 30.9 Å². The lowest BCUT2D eigenvalue weighted by molar-refractivity contribution is -0.116. The number of unbranched alkanes of at least 4 members (excludes halogenated alkanes) is 2. The number of rotatable bonds is 8. The van der Waals surface area contributed by atoms with Crippen LogP contribution in [0.4, 0.5) is 5.69 Å². The number of carbonyl (C=O) groups excluding carboxylic acids is 1. The van der Waals surface area contributed by atoms with E-state index in [1.165, 1.54) is 19.3 Å². The maximum absolute atomic E-state index is 11.8. The van der Waals surface area contributed by atoms with Gasteiger partial charge in [-0.3, -0.25) is 4.79 Å². The molecule has 0 bridgehead atoms. The zero-order valence-corrected chi connectivity index (χ0v) is 12.4. The molecular formula is C16H23N3O. The smallest absolute Gasteiger partial charge is 0.225 e. The molecule has 0 aliphatic carbocycles. The highest BCUT2D eigenvalue weighted by molar-refractivity contribution is 5.90. The quantitative estimate of drug-likeness (QED) is 0.741. The van der Waals surface area contributed by atoms with Gasteiger partial charge in [-0.25, -0.2) is 0 Å². The zero-order chi connectivity index (χ0) is 14.8. The predicted octanol–water partition coefficient (Wildman–Crippen LogP) is 3.01. The highest BCUT2D eigenvalue weighted by atomic mass is 16.1. The molecule has 1 amide bonds. The number of hydrogen-bond donors (Lipinski definition) is 1. The average Bonchev–Trinajstić information content (AvgIpc) is 2.45. The minimum absolute atomic E-state index is 0.0116. The second kappa shape index (κ2) is 9.11. The SMILES string of the molecule is CCCCCN(C)CCC(=O)Nc1cccc(C#N)c1. The number of hydrogen-bond acceptors (Lipinski definition) is 3. The van der Waals surface area contributed by atoms with Gasteiger partial charge in [0.25, 0.3) is 0 Å². The fraction of sp³-hybridized carbons (Fsp3) is 0.500. The van der Waals surface area contributed by atoms with Crippen LogP contribution < -0.4 is 5.32 Å². The van der Waals surface area contributed by atoms with Crippen LogP contribution in [-0.2, 0) is 4.79 Å². The predicted molar refractivity (Wildman–Crippen MR) is 81.4 cm³/mol. The molecule has 0 saturated carbocycles. The molecule has 1 rings (SSSR count). The third-order valence-electron chi connectivity index (χ3n) is 3.14. The van der Waals surface area contributed by atoms with Crippen molar-refractivity contribution in [2.45, 2.75) is 32.6 Å². The van der Waals surface area contributed by atoms with E-state index in [9.17, 15) is 4.79 Å². The molecule has 0 fully saturated rings. The van der Waals surface area contributed by atoms with Gasteiger partial charge >= 0.3 is 0 Å². The fourth-order valence-corrected chi connectivity index (χ4v) is 1.93. The van der Waals surface area contributed by atoms with Crippen molar-refractivity contribution in [2.24, 2.45) is 0 Å². The van der Waals surface area contributed by atoms with Crippen LogP contribution in [0.15, 0.2) is 24.3 Å². The molecule has 1 N–H and O–H groups in total. The monoisotopic (exact) mass is 273 g/mol. The summed E-state index contributed by atoms with van der Waals surface area (Å²) in [7, 11) is 2.04. The van der Waals surface area contributed by atoms with Gasteiger partial charge in [-0.15, -0.1) is 0 Å². The molecule has 1 aromatic carbocycles. The van der Waals surface area contributed by atoms with Gasteiger partial charge < -0.3 is 10.2 Å². The number of anilines is 1. The van der Waals surface area contributed by atoms with Crippen LogP contribution in [0.25, 0.3) is 0 Å². The highest BCUT2D eigenvalue weighted by Gasteiger charge is 2.05. The van der Waals surface area contributed by atoms with E-state index in [-0.39, 0.29) is 5.91 Å². The van der Waals surface area contributed by atoms with Crippen molar-refractivity contribution in [3.05, 3.63) is 29.8 Å². The summed E-state index contributed by atoms with van der Waals surface area (Å²) in [6.45, 7) is 3.97. The van der Waals surface area contributed by atoms with Crippen molar-refractivity contribution in [1.29, 1.82) is 5.26 Å². The average molecular weight is 273 g/mol. The Labute approximate surface area is 121 Å². The molecule has 0 radical (unpaired) electrons. The Kier molecular flexibility index (Phi) is 7.38. The maximum atomic E-state index is 11.8.